The summed E-state index contributed by atoms with van der Waals surface area (Å²) in [5.41, 5.74) is 4.71. The Kier molecular flexibility index (Phi) is 5.01. The van der Waals surface area contributed by atoms with E-state index in [1.807, 2.05) is 24.3 Å². The van der Waals surface area contributed by atoms with E-state index in [1.54, 1.807) is 6.07 Å². The fraction of sp³-hybridized carbons (Fsp3) is 0.333. The smallest absolute Gasteiger partial charge is 0.336 e. The number of nitrogens with zero attached hydrogens (tertiary/aromatic N) is 3. The van der Waals surface area contributed by atoms with Crippen LogP contribution in [0.5, 0.6) is 0 Å². The number of hydrogen-bond acceptors (Lipinski definition) is 5. The molecule has 3 heterocycles. The summed E-state index contributed by atoms with van der Waals surface area (Å²) in [6.07, 6.45) is 1.98. The molecular formula is C24H26N4O2. The monoisotopic (exact) mass is 402 g/mol. The Morgan fingerprint density at radius 3 is 2.83 bits per heavy atom. The summed E-state index contributed by atoms with van der Waals surface area (Å²) in [6, 6.07) is 16.0. The van der Waals surface area contributed by atoms with Crippen LogP contribution in [0.4, 0.5) is 5.95 Å². The van der Waals surface area contributed by atoms with Crippen LogP contribution in [0.2, 0.25) is 0 Å². The Balaban J connectivity index is 1.35. The highest BCUT2D eigenvalue weighted by molar-refractivity contribution is 5.81. The second kappa shape index (κ2) is 7.95. The Labute approximate surface area is 175 Å². The van der Waals surface area contributed by atoms with Crippen LogP contribution in [-0.2, 0) is 13.0 Å². The Hall–Kier alpha value is -3.12. The number of H-pyrrole nitrogens is 1. The molecule has 1 aliphatic heterocycles. The Morgan fingerprint density at radius 1 is 1.07 bits per heavy atom. The standard InChI is InChI=1S/C24H26N4O2/c1-2-17-8-9-19-18(15-23(29)30-22(19)14-17)16-27-10-5-11-28(13-12-27)24-25-20-6-3-4-7-21(20)26-24/h3-4,6-9,14-15H,2,5,10-13,16H2,1H3,(H,25,26). The van der Waals surface area contributed by atoms with Crippen molar-refractivity contribution in [2.75, 3.05) is 31.1 Å². The van der Waals surface area contributed by atoms with Crippen LogP contribution >= 0.6 is 0 Å². The lowest BCUT2D eigenvalue weighted by molar-refractivity contribution is 0.286. The van der Waals surface area contributed by atoms with Crippen molar-refractivity contribution in [1.29, 1.82) is 0 Å². The average molecular weight is 402 g/mol. The number of imidazole rings is 1. The molecule has 0 saturated carbocycles. The first-order chi connectivity index (χ1) is 14.7. The first-order valence-electron chi connectivity index (χ1n) is 10.7. The molecule has 2 aromatic heterocycles. The van der Waals surface area contributed by atoms with E-state index in [1.165, 1.54) is 5.56 Å². The first kappa shape index (κ1) is 18.9. The number of para-hydroxylation sites is 2. The van der Waals surface area contributed by atoms with Crippen LogP contribution in [0, 0.1) is 0 Å². The normalized spacial score (nSPS) is 15.7. The van der Waals surface area contributed by atoms with Gasteiger partial charge in [-0.15, -0.1) is 0 Å². The van der Waals surface area contributed by atoms with Crippen LogP contribution in [0.25, 0.3) is 22.0 Å². The lowest BCUT2D eigenvalue weighted by atomic mass is 10.1. The lowest BCUT2D eigenvalue weighted by Gasteiger charge is -2.22. The third kappa shape index (κ3) is 3.71. The topological polar surface area (TPSA) is 65.4 Å². The second-order valence-corrected chi connectivity index (χ2v) is 7.97. The fourth-order valence-corrected chi connectivity index (χ4v) is 4.30. The van der Waals surface area contributed by atoms with Gasteiger partial charge in [-0.25, -0.2) is 9.78 Å². The van der Waals surface area contributed by atoms with Gasteiger partial charge in [-0.1, -0.05) is 31.2 Å². The van der Waals surface area contributed by atoms with Gasteiger partial charge in [-0.2, -0.15) is 0 Å². The number of benzene rings is 2. The molecule has 0 spiro atoms. The zero-order chi connectivity index (χ0) is 20.5. The number of aryl methyl sites for hydroxylation is 1. The molecule has 1 N–H and O–H groups in total. The minimum atomic E-state index is -0.274. The van der Waals surface area contributed by atoms with Crippen molar-refractivity contribution in [3.8, 4) is 0 Å². The number of hydrogen-bond donors (Lipinski definition) is 1. The summed E-state index contributed by atoms with van der Waals surface area (Å²) in [5.74, 6) is 0.941. The summed E-state index contributed by atoms with van der Waals surface area (Å²) in [5, 5.41) is 1.03. The zero-order valence-electron chi connectivity index (χ0n) is 17.2. The summed E-state index contributed by atoms with van der Waals surface area (Å²) in [7, 11) is 0. The molecule has 6 heteroatoms. The third-order valence-corrected chi connectivity index (χ3v) is 5.96. The van der Waals surface area contributed by atoms with Gasteiger partial charge in [-0.05, 0) is 42.2 Å². The van der Waals surface area contributed by atoms with Gasteiger partial charge in [0.05, 0.1) is 11.0 Å². The fourth-order valence-electron chi connectivity index (χ4n) is 4.30. The number of rotatable bonds is 4. The van der Waals surface area contributed by atoms with Crippen molar-refractivity contribution in [1.82, 2.24) is 14.9 Å². The minimum absolute atomic E-state index is 0.274. The lowest BCUT2D eigenvalue weighted by Crippen LogP contribution is -2.31. The van der Waals surface area contributed by atoms with E-state index in [-0.39, 0.29) is 5.63 Å². The van der Waals surface area contributed by atoms with Crippen LogP contribution in [0.1, 0.15) is 24.5 Å². The van der Waals surface area contributed by atoms with E-state index in [9.17, 15) is 4.79 Å². The maximum Gasteiger partial charge on any atom is 0.336 e. The first-order valence-corrected chi connectivity index (χ1v) is 10.7. The maximum atomic E-state index is 12.1. The molecule has 0 bridgehead atoms. The Bertz CT molecular complexity index is 1210. The van der Waals surface area contributed by atoms with Gasteiger partial charge in [0.2, 0.25) is 5.95 Å². The second-order valence-electron chi connectivity index (χ2n) is 7.97. The van der Waals surface area contributed by atoms with Crippen molar-refractivity contribution in [2.45, 2.75) is 26.3 Å². The van der Waals surface area contributed by atoms with Crippen LogP contribution < -0.4 is 10.5 Å². The van der Waals surface area contributed by atoms with Gasteiger partial charge in [0.1, 0.15) is 5.58 Å². The predicted octanol–water partition coefficient (Wildman–Crippen LogP) is 3.94. The minimum Gasteiger partial charge on any atom is -0.423 e. The molecule has 0 aliphatic carbocycles. The molecule has 4 aromatic rings. The van der Waals surface area contributed by atoms with E-state index in [0.717, 1.165) is 73.5 Å². The average Bonchev–Trinajstić information content (AvgIpc) is 3.05. The molecule has 0 unspecified atom stereocenters. The molecular weight excluding hydrogens is 376 g/mol. The van der Waals surface area contributed by atoms with Gasteiger partial charge in [0.25, 0.3) is 0 Å². The number of aromatic amines is 1. The van der Waals surface area contributed by atoms with Crippen LogP contribution in [0.15, 0.2) is 57.7 Å². The molecule has 1 saturated heterocycles. The summed E-state index contributed by atoms with van der Waals surface area (Å²) >= 11 is 0. The van der Waals surface area contributed by atoms with Crippen molar-refractivity contribution in [3.05, 3.63) is 70.1 Å². The number of nitrogens with one attached hydrogen (secondary N) is 1. The summed E-state index contributed by atoms with van der Waals surface area (Å²) < 4.78 is 5.47. The van der Waals surface area contributed by atoms with Crippen molar-refractivity contribution in [2.24, 2.45) is 0 Å². The third-order valence-electron chi connectivity index (χ3n) is 5.96. The van der Waals surface area contributed by atoms with E-state index < -0.39 is 0 Å². The van der Waals surface area contributed by atoms with E-state index in [2.05, 4.69) is 39.9 Å². The molecule has 6 nitrogen and oxygen atoms in total. The van der Waals surface area contributed by atoms with Gasteiger partial charge in [0, 0.05) is 44.2 Å². The van der Waals surface area contributed by atoms with Crippen LogP contribution in [0.3, 0.4) is 0 Å². The van der Waals surface area contributed by atoms with Gasteiger partial charge in [0.15, 0.2) is 0 Å². The maximum absolute atomic E-state index is 12.1. The predicted molar refractivity (Wildman–Crippen MR) is 120 cm³/mol. The van der Waals surface area contributed by atoms with Crippen molar-refractivity contribution < 1.29 is 4.42 Å². The van der Waals surface area contributed by atoms with Gasteiger partial charge in [-0.3, -0.25) is 4.90 Å². The molecule has 1 fully saturated rings. The van der Waals surface area contributed by atoms with Crippen molar-refractivity contribution >= 4 is 28.0 Å². The molecule has 30 heavy (non-hydrogen) atoms. The van der Waals surface area contributed by atoms with Gasteiger partial charge < -0.3 is 14.3 Å². The summed E-state index contributed by atoms with van der Waals surface area (Å²) in [6.45, 7) is 6.64. The van der Waals surface area contributed by atoms with E-state index in [0.29, 0.717) is 5.58 Å². The number of anilines is 1. The van der Waals surface area contributed by atoms with E-state index >= 15 is 0 Å². The molecule has 5 rings (SSSR count). The molecule has 2 aromatic carbocycles. The summed E-state index contributed by atoms with van der Waals surface area (Å²) in [4.78, 5) is 25.1. The van der Waals surface area contributed by atoms with Crippen molar-refractivity contribution in [3.63, 3.8) is 0 Å². The largest absolute Gasteiger partial charge is 0.423 e. The molecule has 1 aliphatic rings. The highest BCUT2D eigenvalue weighted by Gasteiger charge is 2.19. The van der Waals surface area contributed by atoms with Crippen LogP contribution in [-0.4, -0.2) is 41.0 Å². The Morgan fingerprint density at radius 2 is 1.97 bits per heavy atom. The van der Waals surface area contributed by atoms with Gasteiger partial charge >= 0.3 is 5.63 Å². The molecule has 0 amide bonds. The molecule has 0 atom stereocenters. The SMILES string of the molecule is CCc1ccc2c(CN3CCCN(c4nc5ccccc5[nH]4)CC3)cc(=O)oc2c1. The quantitative estimate of drug-likeness (QED) is 0.524. The molecule has 0 radical (unpaired) electrons. The highest BCUT2D eigenvalue weighted by atomic mass is 16.4. The number of aromatic nitrogens is 2. The zero-order valence-corrected chi connectivity index (χ0v) is 17.2. The number of fused-ring (bicyclic) bond motifs is 2. The highest BCUT2D eigenvalue weighted by Crippen LogP contribution is 2.22. The van der Waals surface area contributed by atoms with E-state index in [4.69, 9.17) is 9.40 Å². The molecule has 154 valence electrons.